The average Bonchev–Trinajstić information content (AvgIpc) is 2.99. The highest BCUT2D eigenvalue weighted by molar-refractivity contribution is 9.10. The molecule has 0 radical (unpaired) electrons. The number of anilines is 1. The minimum Gasteiger partial charge on any atom is -0.381 e. The van der Waals surface area contributed by atoms with Gasteiger partial charge in [0.25, 0.3) is 0 Å². The fraction of sp³-hybridized carbons (Fsp3) is 0.353. The zero-order valence-corrected chi connectivity index (χ0v) is 13.6. The van der Waals surface area contributed by atoms with E-state index in [0.29, 0.717) is 0 Å². The smallest absolute Gasteiger partial charge is 0.0416 e. The summed E-state index contributed by atoms with van der Waals surface area (Å²) in [5.41, 5.74) is 3.78. The van der Waals surface area contributed by atoms with Crippen molar-refractivity contribution in [1.29, 1.82) is 0 Å². The zero-order chi connectivity index (χ0) is 14.5. The normalized spacial score (nSPS) is 15.3. The lowest BCUT2D eigenvalue weighted by Gasteiger charge is -2.18. The van der Waals surface area contributed by atoms with E-state index in [0.717, 1.165) is 17.6 Å². The fourth-order valence-corrected chi connectivity index (χ4v) is 3.17. The van der Waals surface area contributed by atoms with E-state index in [4.69, 9.17) is 0 Å². The van der Waals surface area contributed by atoms with Gasteiger partial charge in [-0.3, -0.25) is 9.88 Å². The number of rotatable bonds is 5. The summed E-state index contributed by atoms with van der Waals surface area (Å²) in [4.78, 5) is 6.74. The van der Waals surface area contributed by atoms with Crippen LogP contribution in [0.5, 0.6) is 0 Å². The highest BCUT2D eigenvalue weighted by Crippen LogP contribution is 2.21. The maximum atomic E-state index is 4.21. The maximum absolute atomic E-state index is 4.21. The van der Waals surface area contributed by atoms with Crippen molar-refractivity contribution in [2.45, 2.75) is 25.9 Å². The molecule has 4 heteroatoms. The summed E-state index contributed by atoms with van der Waals surface area (Å²) in [6, 6.07) is 10.7. The minimum atomic E-state index is 0.795. The number of hydrogen-bond donors (Lipinski definition) is 1. The summed E-state index contributed by atoms with van der Waals surface area (Å²) in [5, 5.41) is 3.54. The first kappa shape index (κ1) is 14.5. The number of nitrogens with one attached hydrogen (secondary N) is 1. The molecule has 1 saturated heterocycles. The second-order valence-corrected chi connectivity index (χ2v) is 6.42. The molecule has 0 saturated carbocycles. The SMILES string of the molecule is Brc1cncc(CNc2ccccc2CN2CCCC2)c1. The van der Waals surface area contributed by atoms with E-state index in [9.17, 15) is 0 Å². The zero-order valence-electron chi connectivity index (χ0n) is 12.1. The van der Waals surface area contributed by atoms with Crippen molar-refractivity contribution < 1.29 is 0 Å². The van der Waals surface area contributed by atoms with Crippen LogP contribution in [0.4, 0.5) is 5.69 Å². The average molecular weight is 346 g/mol. The van der Waals surface area contributed by atoms with Crippen LogP contribution in [0.1, 0.15) is 24.0 Å². The lowest BCUT2D eigenvalue weighted by molar-refractivity contribution is 0.332. The minimum absolute atomic E-state index is 0.795. The van der Waals surface area contributed by atoms with Crippen LogP contribution < -0.4 is 5.32 Å². The number of para-hydroxylation sites is 1. The van der Waals surface area contributed by atoms with Gasteiger partial charge in [0.05, 0.1) is 0 Å². The Bertz CT molecular complexity index is 594. The van der Waals surface area contributed by atoms with Crippen LogP contribution >= 0.6 is 15.9 Å². The van der Waals surface area contributed by atoms with E-state index in [2.05, 4.69) is 61.5 Å². The van der Waals surface area contributed by atoms with Crippen molar-refractivity contribution in [1.82, 2.24) is 9.88 Å². The van der Waals surface area contributed by atoms with Gasteiger partial charge in [0, 0.05) is 35.6 Å². The van der Waals surface area contributed by atoms with Gasteiger partial charge in [0.1, 0.15) is 0 Å². The van der Waals surface area contributed by atoms with Crippen LogP contribution in [0.2, 0.25) is 0 Å². The van der Waals surface area contributed by atoms with Crippen molar-refractivity contribution in [3.8, 4) is 0 Å². The molecule has 3 rings (SSSR count). The van der Waals surface area contributed by atoms with Gasteiger partial charge in [-0.2, -0.15) is 0 Å². The molecule has 110 valence electrons. The topological polar surface area (TPSA) is 28.2 Å². The van der Waals surface area contributed by atoms with Crippen molar-refractivity contribution in [2.24, 2.45) is 0 Å². The monoisotopic (exact) mass is 345 g/mol. The first-order valence-electron chi connectivity index (χ1n) is 7.45. The van der Waals surface area contributed by atoms with Gasteiger partial charge in [-0.25, -0.2) is 0 Å². The predicted octanol–water partition coefficient (Wildman–Crippen LogP) is 4.05. The molecule has 0 amide bonds. The van der Waals surface area contributed by atoms with E-state index in [1.807, 2.05) is 12.4 Å². The van der Waals surface area contributed by atoms with Crippen molar-refractivity contribution in [2.75, 3.05) is 18.4 Å². The van der Waals surface area contributed by atoms with Crippen LogP contribution in [0.25, 0.3) is 0 Å². The second-order valence-electron chi connectivity index (χ2n) is 5.51. The van der Waals surface area contributed by atoms with Gasteiger partial charge in [0.15, 0.2) is 0 Å². The van der Waals surface area contributed by atoms with Gasteiger partial charge in [-0.05, 0) is 65.1 Å². The van der Waals surface area contributed by atoms with Gasteiger partial charge in [-0.1, -0.05) is 18.2 Å². The first-order valence-corrected chi connectivity index (χ1v) is 8.24. The first-order chi connectivity index (χ1) is 10.3. The molecule has 0 bridgehead atoms. The number of nitrogens with zero attached hydrogens (tertiary/aromatic N) is 2. The number of hydrogen-bond acceptors (Lipinski definition) is 3. The molecule has 1 aliphatic rings. The molecule has 1 aromatic carbocycles. The number of aromatic nitrogens is 1. The predicted molar refractivity (Wildman–Crippen MR) is 90.2 cm³/mol. The summed E-state index contributed by atoms with van der Waals surface area (Å²) in [7, 11) is 0. The highest BCUT2D eigenvalue weighted by Gasteiger charge is 2.13. The van der Waals surface area contributed by atoms with Gasteiger partial charge in [-0.15, -0.1) is 0 Å². The Labute approximate surface area is 134 Å². The number of likely N-dealkylation sites (tertiary alicyclic amines) is 1. The molecule has 3 nitrogen and oxygen atoms in total. The van der Waals surface area contributed by atoms with E-state index in [1.165, 1.54) is 42.7 Å². The number of halogens is 1. The lowest BCUT2D eigenvalue weighted by atomic mass is 10.1. The van der Waals surface area contributed by atoms with Crippen molar-refractivity contribution in [3.63, 3.8) is 0 Å². The third kappa shape index (κ3) is 4.05. The lowest BCUT2D eigenvalue weighted by Crippen LogP contribution is -2.19. The molecule has 2 heterocycles. The third-order valence-electron chi connectivity index (χ3n) is 3.85. The highest BCUT2D eigenvalue weighted by atomic mass is 79.9. The summed E-state index contributed by atoms with van der Waals surface area (Å²) in [6.45, 7) is 4.29. The van der Waals surface area contributed by atoms with Gasteiger partial charge >= 0.3 is 0 Å². The maximum Gasteiger partial charge on any atom is 0.0416 e. The third-order valence-corrected chi connectivity index (χ3v) is 4.29. The quantitative estimate of drug-likeness (QED) is 0.885. The molecule has 0 aliphatic carbocycles. The molecule has 1 N–H and O–H groups in total. The number of pyridine rings is 1. The molecular weight excluding hydrogens is 326 g/mol. The Balaban J connectivity index is 1.67. The molecule has 0 spiro atoms. The number of benzene rings is 1. The molecule has 1 fully saturated rings. The molecule has 0 atom stereocenters. The molecule has 0 unspecified atom stereocenters. The van der Waals surface area contributed by atoms with E-state index < -0.39 is 0 Å². The Morgan fingerprint density at radius 3 is 2.76 bits per heavy atom. The Kier molecular flexibility index (Phi) is 4.88. The summed E-state index contributed by atoms with van der Waals surface area (Å²) < 4.78 is 1.02. The fourth-order valence-electron chi connectivity index (χ4n) is 2.76. The summed E-state index contributed by atoms with van der Waals surface area (Å²) >= 11 is 3.46. The van der Waals surface area contributed by atoms with Crippen molar-refractivity contribution in [3.05, 3.63) is 58.3 Å². The Morgan fingerprint density at radius 2 is 1.95 bits per heavy atom. The Hall–Kier alpha value is -1.39. The second kappa shape index (κ2) is 7.05. The van der Waals surface area contributed by atoms with Crippen molar-refractivity contribution >= 4 is 21.6 Å². The van der Waals surface area contributed by atoms with E-state index in [1.54, 1.807) is 0 Å². The standard InChI is InChI=1S/C17H20BrN3/c18-16-9-14(10-19-12-16)11-20-17-6-2-1-5-15(17)13-21-7-3-4-8-21/h1-2,5-6,9-10,12,20H,3-4,7-8,11,13H2. The van der Waals surface area contributed by atoms with Crippen LogP contribution in [0.3, 0.4) is 0 Å². The molecule has 21 heavy (non-hydrogen) atoms. The Morgan fingerprint density at radius 1 is 1.14 bits per heavy atom. The molecule has 1 aromatic heterocycles. The summed E-state index contributed by atoms with van der Waals surface area (Å²) in [6.07, 6.45) is 6.38. The van der Waals surface area contributed by atoms with Gasteiger partial charge in [0.2, 0.25) is 0 Å². The van der Waals surface area contributed by atoms with Gasteiger partial charge < -0.3 is 5.32 Å². The summed E-state index contributed by atoms with van der Waals surface area (Å²) in [5.74, 6) is 0. The van der Waals surface area contributed by atoms with Crippen LogP contribution in [0, 0.1) is 0 Å². The van der Waals surface area contributed by atoms with Crippen LogP contribution in [0.15, 0.2) is 47.2 Å². The largest absolute Gasteiger partial charge is 0.381 e. The van der Waals surface area contributed by atoms with E-state index >= 15 is 0 Å². The molecule has 2 aromatic rings. The molecule has 1 aliphatic heterocycles. The van der Waals surface area contributed by atoms with E-state index in [-0.39, 0.29) is 0 Å². The van der Waals surface area contributed by atoms with Crippen LogP contribution in [-0.4, -0.2) is 23.0 Å². The molecular formula is C17H20BrN3. The van der Waals surface area contributed by atoms with Crippen LogP contribution in [-0.2, 0) is 13.1 Å².